The molecule has 4 rings (SSSR count). The third-order valence-electron chi connectivity index (χ3n) is 4.21. The maximum absolute atomic E-state index is 12.5. The first kappa shape index (κ1) is 20.4. The zero-order valence-electron chi connectivity index (χ0n) is 16.4. The quantitative estimate of drug-likeness (QED) is 0.340. The molecule has 0 saturated heterocycles. The van der Waals surface area contributed by atoms with E-state index in [-0.39, 0.29) is 11.7 Å². The Bertz CT molecular complexity index is 1150. The van der Waals surface area contributed by atoms with Gasteiger partial charge >= 0.3 is 0 Å². The van der Waals surface area contributed by atoms with Crippen molar-refractivity contribution in [2.45, 2.75) is 21.9 Å². The number of para-hydroxylation sites is 1. The van der Waals surface area contributed by atoms with E-state index in [2.05, 4.69) is 27.4 Å². The molecule has 3 aromatic carbocycles. The van der Waals surface area contributed by atoms with Crippen LogP contribution < -0.4 is 10.1 Å². The minimum atomic E-state index is -0.0726. The maximum atomic E-state index is 12.5. The molecule has 0 aliphatic heterocycles. The summed E-state index contributed by atoms with van der Waals surface area (Å²) in [4.78, 5) is 22.5. The minimum Gasteiger partial charge on any atom is -0.494 e. The number of aromatic amines is 1. The van der Waals surface area contributed by atoms with Crippen molar-refractivity contribution in [1.82, 2.24) is 9.97 Å². The third-order valence-corrected chi connectivity index (χ3v) is 6.17. The van der Waals surface area contributed by atoms with Crippen molar-refractivity contribution in [3.05, 3.63) is 72.8 Å². The molecule has 0 spiro atoms. The predicted molar refractivity (Wildman–Crippen MR) is 124 cm³/mol. The van der Waals surface area contributed by atoms with Crippen molar-refractivity contribution < 1.29 is 9.53 Å². The Hall–Kier alpha value is -2.90. The largest absolute Gasteiger partial charge is 0.494 e. The van der Waals surface area contributed by atoms with Gasteiger partial charge in [-0.2, -0.15) is 0 Å². The number of carbonyl (C=O) groups is 1. The number of aromatic nitrogens is 2. The van der Waals surface area contributed by atoms with Crippen LogP contribution in [-0.4, -0.2) is 28.2 Å². The van der Waals surface area contributed by atoms with Crippen LogP contribution in [-0.2, 0) is 4.79 Å². The van der Waals surface area contributed by atoms with E-state index in [9.17, 15) is 4.79 Å². The van der Waals surface area contributed by atoms with Gasteiger partial charge < -0.3 is 15.0 Å². The lowest BCUT2D eigenvalue weighted by atomic mass is 10.3. The Balaban J connectivity index is 1.39. The predicted octanol–water partition coefficient (Wildman–Crippen LogP) is 5.84. The van der Waals surface area contributed by atoms with Gasteiger partial charge in [0.15, 0.2) is 5.16 Å². The summed E-state index contributed by atoms with van der Waals surface area (Å²) in [6.07, 6.45) is 0. The smallest absolute Gasteiger partial charge is 0.234 e. The fourth-order valence-corrected chi connectivity index (χ4v) is 4.49. The average Bonchev–Trinajstić information content (AvgIpc) is 3.17. The summed E-state index contributed by atoms with van der Waals surface area (Å²) in [5.74, 6) is 0.995. The number of anilines is 1. The van der Waals surface area contributed by atoms with Gasteiger partial charge in [0, 0.05) is 15.9 Å². The summed E-state index contributed by atoms with van der Waals surface area (Å²) in [7, 11) is 0. The van der Waals surface area contributed by atoms with E-state index in [1.165, 1.54) is 11.8 Å². The highest BCUT2D eigenvalue weighted by Gasteiger charge is 2.11. The van der Waals surface area contributed by atoms with E-state index >= 15 is 0 Å². The third kappa shape index (κ3) is 5.17. The molecule has 0 fully saturated rings. The normalized spacial score (nSPS) is 10.8. The zero-order valence-corrected chi connectivity index (χ0v) is 18.1. The Morgan fingerprint density at radius 2 is 1.87 bits per heavy atom. The lowest BCUT2D eigenvalue weighted by molar-refractivity contribution is -0.113. The van der Waals surface area contributed by atoms with Gasteiger partial charge in [0.05, 0.1) is 29.1 Å². The second kappa shape index (κ2) is 9.73. The van der Waals surface area contributed by atoms with Gasteiger partial charge in [-0.15, -0.1) is 0 Å². The van der Waals surface area contributed by atoms with E-state index in [0.29, 0.717) is 11.8 Å². The van der Waals surface area contributed by atoms with Crippen LogP contribution in [0, 0.1) is 0 Å². The molecule has 1 aromatic heterocycles. The molecule has 0 saturated carbocycles. The van der Waals surface area contributed by atoms with E-state index in [4.69, 9.17) is 4.74 Å². The molecule has 1 heterocycles. The van der Waals surface area contributed by atoms with Crippen LogP contribution in [0.3, 0.4) is 0 Å². The molecule has 0 bridgehead atoms. The topological polar surface area (TPSA) is 67.0 Å². The van der Waals surface area contributed by atoms with Gasteiger partial charge in [-0.25, -0.2) is 4.98 Å². The molecular formula is C23H21N3O2S2. The molecule has 1 amide bonds. The first-order valence-corrected chi connectivity index (χ1v) is 11.4. The molecule has 0 aliphatic carbocycles. The van der Waals surface area contributed by atoms with Crippen LogP contribution in [0.4, 0.5) is 5.69 Å². The molecule has 0 radical (unpaired) electrons. The number of ether oxygens (including phenoxy) is 1. The Kier molecular flexibility index (Phi) is 6.61. The lowest BCUT2D eigenvalue weighted by Crippen LogP contribution is -2.14. The number of thioether (sulfide) groups is 1. The Morgan fingerprint density at radius 1 is 1.07 bits per heavy atom. The van der Waals surface area contributed by atoms with Crippen molar-refractivity contribution in [2.75, 3.05) is 17.7 Å². The van der Waals surface area contributed by atoms with Gasteiger partial charge in [-0.3, -0.25) is 4.79 Å². The number of carbonyl (C=O) groups excluding carboxylic acids is 1. The Labute approximate surface area is 183 Å². The monoisotopic (exact) mass is 435 g/mol. The van der Waals surface area contributed by atoms with Gasteiger partial charge in [-0.05, 0) is 43.3 Å². The summed E-state index contributed by atoms with van der Waals surface area (Å²) < 4.78 is 5.52. The highest BCUT2D eigenvalue weighted by Crippen LogP contribution is 2.33. The number of hydrogen-bond donors (Lipinski definition) is 2. The number of rotatable bonds is 8. The van der Waals surface area contributed by atoms with Crippen LogP contribution in [0.1, 0.15) is 6.92 Å². The van der Waals surface area contributed by atoms with Crippen LogP contribution >= 0.6 is 23.5 Å². The second-order valence-electron chi connectivity index (χ2n) is 6.40. The van der Waals surface area contributed by atoms with E-state index in [1.54, 1.807) is 11.8 Å². The maximum Gasteiger partial charge on any atom is 0.234 e. The standard InChI is InChI=1S/C23H21N3O2S2/c1-2-28-16-12-13-18-20(14-16)26-23(25-18)29-15-22(27)24-19-10-6-7-11-21(19)30-17-8-4-3-5-9-17/h3-14H,2,15H2,1H3,(H,24,27)(H,25,26). The van der Waals surface area contributed by atoms with Gasteiger partial charge in [-0.1, -0.05) is 53.9 Å². The summed E-state index contributed by atoms with van der Waals surface area (Å²) in [5.41, 5.74) is 2.56. The first-order valence-electron chi connectivity index (χ1n) is 9.58. The van der Waals surface area contributed by atoms with Gasteiger partial charge in [0.2, 0.25) is 5.91 Å². The molecule has 7 heteroatoms. The number of H-pyrrole nitrogens is 1. The van der Waals surface area contributed by atoms with Crippen molar-refractivity contribution in [3.8, 4) is 5.75 Å². The van der Waals surface area contributed by atoms with Crippen LogP contribution in [0.15, 0.2) is 87.7 Å². The van der Waals surface area contributed by atoms with Gasteiger partial charge in [0.1, 0.15) is 5.75 Å². The fourth-order valence-electron chi connectivity index (χ4n) is 2.88. The summed E-state index contributed by atoms with van der Waals surface area (Å²) in [5, 5.41) is 3.73. The molecule has 2 N–H and O–H groups in total. The molecule has 0 atom stereocenters. The van der Waals surface area contributed by atoms with Crippen LogP contribution in [0.5, 0.6) is 5.75 Å². The SMILES string of the molecule is CCOc1ccc2nc(SCC(=O)Nc3ccccc3Sc3ccccc3)[nH]c2c1. The number of benzene rings is 3. The Morgan fingerprint density at radius 3 is 2.70 bits per heavy atom. The first-order chi connectivity index (χ1) is 14.7. The molecule has 5 nitrogen and oxygen atoms in total. The van der Waals surface area contributed by atoms with Crippen LogP contribution in [0.25, 0.3) is 11.0 Å². The molecule has 0 unspecified atom stereocenters. The van der Waals surface area contributed by atoms with E-state index in [1.807, 2.05) is 67.6 Å². The number of amides is 1. The number of fused-ring (bicyclic) bond motifs is 1. The lowest BCUT2D eigenvalue weighted by Gasteiger charge is -2.10. The number of imidazole rings is 1. The average molecular weight is 436 g/mol. The van der Waals surface area contributed by atoms with E-state index < -0.39 is 0 Å². The number of hydrogen-bond acceptors (Lipinski definition) is 5. The molecule has 4 aromatic rings. The zero-order chi connectivity index (χ0) is 20.8. The second-order valence-corrected chi connectivity index (χ2v) is 8.48. The number of nitrogens with one attached hydrogen (secondary N) is 2. The van der Waals surface area contributed by atoms with Crippen LogP contribution in [0.2, 0.25) is 0 Å². The van der Waals surface area contributed by atoms with Gasteiger partial charge in [0.25, 0.3) is 0 Å². The van der Waals surface area contributed by atoms with Crippen molar-refractivity contribution in [1.29, 1.82) is 0 Å². The summed E-state index contributed by atoms with van der Waals surface area (Å²) in [6, 6.07) is 23.7. The molecular weight excluding hydrogens is 414 g/mol. The number of nitrogens with zero attached hydrogens (tertiary/aromatic N) is 1. The summed E-state index contributed by atoms with van der Waals surface area (Å²) >= 11 is 3.00. The molecule has 30 heavy (non-hydrogen) atoms. The summed E-state index contributed by atoms with van der Waals surface area (Å²) in [6.45, 7) is 2.57. The fraction of sp³-hybridized carbons (Fsp3) is 0.130. The van der Waals surface area contributed by atoms with Crippen molar-refractivity contribution in [3.63, 3.8) is 0 Å². The molecule has 152 valence electrons. The van der Waals surface area contributed by atoms with Crippen molar-refractivity contribution >= 4 is 46.2 Å². The highest BCUT2D eigenvalue weighted by atomic mass is 32.2. The van der Waals surface area contributed by atoms with E-state index in [0.717, 1.165) is 32.3 Å². The minimum absolute atomic E-state index is 0.0726. The highest BCUT2D eigenvalue weighted by molar-refractivity contribution is 8.00. The van der Waals surface area contributed by atoms with Crippen molar-refractivity contribution in [2.24, 2.45) is 0 Å². The molecule has 0 aliphatic rings.